The van der Waals surface area contributed by atoms with E-state index in [-0.39, 0.29) is 0 Å². The van der Waals surface area contributed by atoms with Gasteiger partial charge in [-0.15, -0.1) is 0 Å². The number of benzene rings is 1. The van der Waals surface area contributed by atoms with Crippen LogP contribution < -0.4 is 5.30 Å². The Kier molecular flexibility index (Phi) is 6.95. The third-order valence-electron chi connectivity index (χ3n) is 3.40. The summed E-state index contributed by atoms with van der Waals surface area (Å²) < 4.78 is 5.43. The molecule has 2 N–H and O–H groups in total. The van der Waals surface area contributed by atoms with Crippen LogP contribution in [0.1, 0.15) is 45.1 Å². The van der Waals surface area contributed by atoms with E-state index in [4.69, 9.17) is 4.52 Å². The van der Waals surface area contributed by atoms with Gasteiger partial charge in [0.2, 0.25) is 0 Å². The molecule has 3 nitrogen and oxygen atoms in total. The van der Waals surface area contributed by atoms with E-state index in [2.05, 4.69) is 13.8 Å². The summed E-state index contributed by atoms with van der Waals surface area (Å²) in [5.41, 5.74) is 1.10. The van der Waals surface area contributed by atoms with Crippen LogP contribution in [0, 0.1) is 12.8 Å². The van der Waals surface area contributed by atoms with Crippen LogP contribution in [0.25, 0.3) is 0 Å². The smallest absolute Gasteiger partial charge is 0.188 e. The quantitative estimate of drug-likeness (QED) is 0.717. The Labute approximate surface area is 117 Å². The van der Waals surface area contributed by atoms with Gasteiger partial charge in [-0.25, -0.2) is 0 Å². The SMILES string of the molecule is CCCCC(CC)CO[P+](O)(O)c1ccc(C)cc1. The molecule has 1 aromatic rings. The molecule has 1 rings (SSSR count). The molecule has 1 aromatic carbocycles. The zero-order chi connectivity index (χ0) is 14.3. The summed E-state index contributed by atoms with van der Waals surface area (Å²) in [7, 11) is -3.41. The summed E-state index contributed by atoms with van der Waals surface area (Å²) >= 11 is 0. The fourth-order valence-electron chi connectivity index (χ4n) is 1.92. The molecule has 1 unspecified atom stereocenters. The van der Waals surface area contributed by atoms with Crippen LogP contribution in [0.3, 0.4) is 0 Å². The van der Waals surface area contributed by atoms with E-state index < -0.39 is 7.94 Å². The normalized spacial score (nSPS) is 13.5. The summed E-state index contributed by atoms with van der Waals surface area (Å²) in [6, 6.07) is 7.20. The molecular formula is C15H26O3P+. The van der Waals surface area contributed by atoms with E-state index in [1.807, 2.05) is 19.1 Å². The molecule has 0 aliphatic rings. The van der Waals surface area contributed by atoms with Crippen molar-refractivity contribution >= 4 is 13.2 Å². The first kappa shape index (κ1) is 16.6. The third kappa shape index (κ3) is 5.58. The fraction of sp³-hybridized carbons (Fsp3) is 0.600. The summed E-state index contributed by atoms with van der Waals surface area (Å²) in [6.07, 6.45) is 4.41. The van der Waals surface area contributed by atoms with Crippen LogP contribution in [0.2, 0.25) is 0 Å². The molecule has 0 bridgehead atoms. The number of hydrogen-bond acceptors (Lipinski definition) is 3. The number of hydrogen-bond donors (Lipinski definition) is 2. The molecule has 0 spiro atoms. The molecular weight excluding hydrogens is 259 g/mol. The Hall–Kier alpha value is -0.470. The number of aryl methyl sites for hydroxylation is 1. The molecule has 0 amide bonds. The maximum absolute atomic E-state index is 10.1. The molecule has 19 heavy (non-hydrogen) atoms. The second kappa shape index (κ2) is 7.96. The van der Waals surface area contributed by atoms with Crippen molar-refractivity contribution in [2.24, 2.45) is 5.92 Å². The lowest BCUT2D eigenvalue weighted by atomic mass is 10.0. The van der Waals surface area contributed by atoms with Crippen LogP contribution in [0.15, 0.2) is 24.3 Å². The third-order valence-corrected chi connectivity index (χ3v) is 4.88. The second-order valence-electron chi connectivity index (χ2n) is 5.09. The second-order valence-corrected chi connectivity index (χ2v) is 6.95. The molecule has 0 saturated heterocycles. The molecule has 0 heterocycles. The first-order chi connectivity index (χ1) is 8.99. The fourth-order valence-corrected chi connectivity index (χ4v) is 3.03. The van der Waals surface area contributed by atoms with Gasteiger partial charge in [0.05, 0.1) is 0 Å². The first-order valence-electron chi connectivity index (χ1n) is 7.06. The average molecular weight is 285 g/mol. The van der Waals surface area contributed by atoms with Gasteiger partial charge in [-0.1, -0.05) is 50.8 Å². The molecule has 108 valence electrons. The number of rotatable bonds is 8. The monoisotopic (exact) mass is 285 g/mol. The lowest BCUT2D eigenvalue weighted by Crippen LogP contribution is -2.17. The lowest BCUT2D eigenvalue weighted by Gasteiger charge is -2.16. The van der Waals surface area contributed by atoms with Gasteiger partial charge in [0.25, 0.3) is 0 Å². The Morgan fingerprint density at radius 2 is 1.79 bits per heavy atom. The molecule has 1 atom stereocenters. The van der Waals surface area contributed by atoms with Gasteiger partial charge in [0, 0.05) is 0 Å². The highest BCUT2D eigenvalue weighted by Crippen LogP contribution is 2.50. The van der Waals surface area contributed by atoms with Gasteiger partial charge in [-0.05, 0) is 31.4 Å². The first-order valence-corrected chi connectivity index (χ1v) is 8.67. The van der Waals surface area contributed by atoms with Gasteiger partial charge in [0.15, 0.2) is 5.30 Å². The van der Waals surface area contributed by atoms with Crippen molar-refractivity contribution in [3.63, 3.8) is 0 Å². The zero-order valence-electron chi connectivity index (χ0n) is 12.2. The van der Waals surface area contributed by atoms with Crippen LogP contribution in [-0.4, -0.2) is 16.4 Å². The van der Waals surface area contributed by atoms with E-state index in [1.165, 1.54) is 0 Å². The van der Waals surface area contributed by atoms with Gasteiger partial charge in [-0.3, -0.25) is 0 Å². The molecule has 0 saturated carbocycles. The van der Waals surface area contributed by atoms with Crippen LogP contribution in [0.5, 0.6) is 0 Å². The van der Waals surface area contributed by atoms with E-state index in [9.17, 15) is 9.79 Å². The van der Waals surface area contributed by atoms with Crippen molar-refractivity contribution in [1.82, 2.24) is 0 Å². The van der Waals surface area contributed by atoms with Gasteiger partial charge >= 0.3 is 7.94 Å². The minimum Gasteiger partial charge on any atom is -0.188 e. The Morgan fingerprint density at radius 1 is 1.16 bits per heavy atom. The molecule has 0 aliphatic carbocycles. The van der Waals surface area contributed by atoms with Crippen molar-refractivity contribution < 1.29 is 14.3 Å². The predicted octanol–water partition coefficient (Wildman–Crippen LogP) is 3.60. The van der Waals surface area contributed by atoms with E-state index in [0.29, 0.717) is 17.8 Å². The summed E-state index contributed by atoms with van der Waals surface area (Å²) in [5.74, 6) is 0.407. The maximum atomic E-state index is 10.1. The predicted molar refractivity (Wildman–Crippen MR) is 81.4 cm³/mol. The molecule has 0 radical (unpaired) electrons. The summed E-state index contributed by atoms with van der Waals surface area (Å²) in [4.78, 5) is 20.2. The average Bonchev–Trinajstić information content (AvgIpc) is 2.39. The largest absolute Gasteiger partial charge is 0.443 e. The molecule has 0 aromatic heterocycles. The highest BCUT2D eigenvalue weighted by Gasteiger charge is 2.39. The van der Waals surface area contributed by atoms with Crippen molar-refractivity contribution in [1.29, 1.82) is 0 Å². The Morgan fingerprint density at radius 3 is 2.32 bits per heavy atom. The minimum atomic E-state index is -3.41. The van der Waals surface area contributed by atoms with Crippen molar-refractivity contribution in [3.8, 4) is 0 Å². The highest BCUT2D eigenvalue weighted by atomic mass is 31.2. The Balaban J connectivity index is 2.56. The van der Waals surface area contributed by atoms with Crippen molar-refractivity contribution in [2.75, 3.05) is 6.61 Å². The minimum absolute atomic E-state index is 0.407. The van der Waals surface area contributed by atoms with Crippen molar-refractivity contribution in [3.05, 3.63) is 29.8 Å². The topological polar surface area (TPSA) is 49.7 Å². The summed E-state index contributed by atoms with van der Waals surface area (Å²) in [6.45, 7) is 6.67. The summed E-state index contributed by atoms with van der Waals surface area (Å²) in [5, 5.41) is 0.489. The van der Waals surface area contributed by atoms with Crippen LogP contribution in [0.4, 0.5) is 0 Å². The van der Waals surface area contributed by atoms with Gasteiger partial charge < -0.3 is 0 Å². The standard InChI is InChI=1S/C15H26O3P/c1-4-6-7-14(5-2)12-18-19(16,17)15-10-8-13(3)9-11-15/h8-11,14,16-17H,4-7,12H2,1-3H3/q+1. The van der Waals surface area contributed by atoms with Crippen LogP contribution >= 0.6 is 7.94 Å². The molecule has 4 heteroatoms. The Bertz CT molecular complexity index is 362. The number of unbranched alkanes of at least 4 members (excludes halogenated alkanes) is 1. The van der Waals surface area contributed by atoms with Crippen molar-refractivity contribution in [2.45, 2.75) is 46.5 Å². The maximum Gasteiger partial charge on any atom is 0.443 e. The van der Waals surface area contributed by atoms with Gasteiger partial charge in [0.1, 0.15) is 6.61 Å². The van der Waals surface area contributed by atoms with E-state index >= 15 is 0 Å². The van der Waals surface area contributed by atoms with Gasteiger partial charge in [-0.2, -0.15) is 14.3 Å². The van der Waals surface area contributed by atoms with E-state index in [1.54, 1.807) is 12.1 Å². The van der Waals surface area contributed by atoms with E-state index in [0.717, 1.165) is 31.2 Å². The molecule has 0 fully saturated rings. The molecule has 0 aliphatic heterocycles. The zero-order valence-corrected chi connectivity index (χ0v) is 13.1. The lowest BCUT2D eigenvalue weighted by molar-refractivity contribution is 0.190. The highest BCUT2D eigenvalue weighted by molar-refractivity contribution is 7.67. The van der Waals surface area contributed by atoms with Crippen LogP contribution in [-0.2, 0) is 4.52 Å².